The highest BCUT2D eigenvalue weighted by molar-refractivity contribution is 5.97. The summed E-state index contributed by atoms with van der Waals surface area (Å²) in [6, 6.07) is 19.4. The van der Waals surface area contributed by atoms with Gasteiger partial charge in [0.25, 0.3) is 17.7 Å². The quantitative estimate of drug-likeness (QED) is 0.0799. The fourth-order valence-electron chi connectivity index (χ4n) is 10.3. The van der Waals surface area contributed by atoms with Crippen molar-refractivity contribution in [2.24, 2.45) is 4.99 Å². The van der Waals surface area contributed by atoms with Gasteiger partial charge >= 0.3 is 6.09 Å². The first-order valence-corrected chi connectivity index (χ1v) is 27.0. The average molecular weight is 1100 g/mol. The van der Waals surface area contributed by atoms with Crippen molar-refractivity contribution in [3.05, 3.63) is 118 Å². The van der Waals surface area contributed by atoms with Gasteiger partial charge in [0.15, 0.2) is 17.3 Å². The van der Waals surface area contributed by atoms with Gasteiger partial charge < -0.3 is 50.6 Å². The highest BCUT2D eigenvalue weighted by Gasteiger charge is 2.28. The Hall–Kier alpha value is -9.16. The number of nitrogens with one attached hydrogen (secondary N) is 2. The monoisotopic (exact) mass is 1100 g/mol. The van der Waals surface area contributed by atoms with Crippen LogP contribution in [-0.2, 0) is 13.1 Å². The summed E-state index contributed by atoms with van der Waals surface area (Å²) in [5, 5.41) is 36.8. The third kappa shape index (κ3) is 11.9. The summed E-state index contributed by atoms with van der Waals surface area (Å²) in [6.45, 7) is 15.8. The lowest BCUT2D eigenvalue weighted by Crippen LogP contribution is -2.49. The van der Waals surface area contributed by atoms with Crippen molar-refractivity contribution in [2.75, 3.05) is 96.8 Å². The van der Waals surface area contributed by atoms with Crippen LogP contribution in [0.5, 0.6) is 28.7 Å². The predicted octanol–water partition coefficient (Wildman–Crippen LogP) is 4.97. The number of anilines is 2. The Morgan fingerprint density at radius 3 is 2.25 bits per heavy atom. The molecule has 6 N–H and O–H groups in total. The van der Waals surface area contributed by atoms with Crippen LogP contribution in [0.1, 0.15) is 81.1 Å². The number of phenolic OH excluding ortho intramolecular Hbond substituents is 2. The third-order valence-electron chi connectivity index (χ3n) is 14.6. The molecule has 24 heteroatoms. The second-order valence-electron chi connectivity index (χ2n) is 20.3. The number of nitrogen functional groups attached to an aromatic ring is 1. The molecule has 81 heavy (non-hydrogen) atoms. The fraction of sp³-hybridized carbons (Fsp3) is 0.368. The van der Waals surface area contributed by atoms with E-state index in [0.717, 1.165) is 35.3 Å². The Kier molecular flexibility index (Phi) is 16.4. The van der Waals surface area contributed by atoms with Crippen LogP contribution in [-0.4, -0.2) is 174 Å². The van der Waals surface area contributed by atoms with E-state index in [-0.39, 0.29) is 58.2 Å². The number of hydrogen-bond donors (Lipinski definition) is 5. The van der Waals surface area contributed by atoms with Gasteiger partial charge in [0, 0.05) is 120 Å². The molecular weight excluding hydrogens is 1040 g/mol. The number of nitrogens with zero attached hydrogens (tertiary/aromatic N) is 12. The molecule has 2 saturated heterocycles. The van der Waals surface area contributed by atoms with Crippen LogP contribution in [0.2, 0.25) is 0 Å². The predicted molar refractivity (Wildman–Crippen MR) is 300 cm³/mol. The molecule has 3 aliphatic heterocycles. The number of hydrogen-bond acceptors (Lipinski definition) is 18. The van der Waals surface area contributed by atoms with Crippen molar-refractivity contribution in [2.45, 2.75) is 53.1 Å². The Morgan fingerprint density at radius 2 is 1.54 bits per heavy atom. The van der Waals surface area contributed by atoms with Crippen molar-refractivity contribution in [1.82, 2.24) is 59.2 Å². The summed E-state index contributed by atoms with van der Waals surface area (Å²) in [6.07, 6.45) is 3.00. The molecule has 4 amide bonds. The van der Waals surface area contributed by atoms with E-state index in [1.54, 1.807) is 49.3 Å². The molecule has 2 fully saturated rings. The third-order valence-corrected chi connectivity index (χ3v) is 14.6. The zero-order valence-corrected chi connectivity index (χ0v) is 45.9. The summed E-state index contributed by atoms with van der Waals surface area (Å²) in [4.78, 5) is 78.4. The van der Waals surface area contributed by atoms with E-state index in [1.165, 1.54) is 23.0 Å². The number of aromatic nitrogens is 7. The maximum absolute atomic E-state index is 13.8. The minimum atomic E-state index is -0.551. The number of carbonyl (C=O) groups excluding carboxylic acids is 4. The zero-order chi connectivity index (χ0) is 56.9. The van der Waals surface area contributed by atoms with E-state index in [2.05, 4.69) is 45.6 Å². The number of amides is 4. The molecule has 3 aromatic heterocycles. The van der Waals surface area contributed by atoms with E-state index in [1.807, 2.05) is 60.6 Å². The summed E-state index contributed by atoms with van der Waals surface area (Å²) in [5.74, 6) is 1.04. The van der Waals surface area contributed by atoms with Gasteiger partial charge in [0.2, 0.25) is 17.4 Å². The van der Waals surface area contributed by atoms with Crippen LogP contribution in [0.15, 0.2) is 84.1 Å². The van der Waals surface area contributed by atoms with Gasteiger partial charge in [-0.15, -0.1) is 10.2 Å². The number of phenols is 2. The summed E-state index contributed by atoms with van der Waals surface area (Å²) >= 11 is 0. The van der Waals surface area contributed by atoms with Gasteiger partial charge in [-0.2, -0.15) is 4.99 Å². The standard InChI is InChI=1S/C57H65N15O9/c1-6-59-53(76)51-66-65-50(42-29-41(34(2)3)43(73)30-44(42)74)72(51)39-11-9-37(10-12-39)54(77)69-23-21-68(22-24-69)33-36-8-14-45(35(4)28-36)81-57(78)70-25-19-67(20-26-70)17-7-27-80-46-15-13-40-47(48(46)79-5)63-56(71-18-16-60-49(40)71)64-52(75)38-31-61-55(58)62-32-38/h8-15,28-32,34,60,73-74H,6-7,16-27,33H2,1-5H3,(H,59,76)(H2,58,61,62). The number of carbonyl (C=O) groups is 4. The molecule has 0 atom stereocenters. The minimum Gasteiger partial charge on any atom is -0.508 e. The van der Waals surface area contributed by atoms with Crippen LogP contribution >= 0.6 is 0 Å². The molecule has 0 unspecified atom stereocenters. The molecular formula is C57H65N15O9. The normalized spacial score (nSPS) is 15.0. The van der Waals surface area contributed by atoms with Crippen molar-refractivity contribution in [3.8, 4) is 45.8 Å². The number of rotatable bonds is 16. The maximum atomic E-state index is 13.8. The van der Waals surface area contributed by atoms with Crippen LogP contribution in [0.3, 0.4) is 0 Å². The van der Waals surface area contributed by atoms with Crippen LogP contribution in [0.4, 0.5) is 16.6 Å². The lowest BCUT2D eigenvalue weighted by molar-refractivity contribution is 0.0628. The van der Waals surface area contributed by atoms with Gasteiger partial charge in [0.05, 0.1) is 24.8 Å². The van der Waals surface area contributed by atoms with Crippen molar-refractivity contribution in [1.29, 1.82) is 0 Å². The number of fused-ring (bicyclic) bond motifs is 3. The van der Waals surface area contributed by atoms with Gasteiger partial charge in [-0.1, -0.05) is 26.0 Å². The first-order chi connectivity index (χ1) is 39.2. The van der Waals surface area contributed by atoms with E-state index in [4.69, 9.17) is 24.9 Å². The summed E-state index contributed by atoms with van der Waals surface area (Å²) < 4.78 is 21.4. The Balaban J connectivity index is 0.680. The van der Waals surface area contributed by atoms with Gasteiger partial charge in [-0.05, 0) is 91.4 Å². The Labute approximate surface area is 466 Å². The molecule has 10 rings (SSSR count). The molecule has 422 valence electrons. The molecule has 0 radical (unpaired) electrons. The van der Waals surface area contributed by atoms with E-state index >= 15 is 0 Å². The largest absolute Gasteiger partial charge is 0.508 e. The number of ether oxygens (including phenoxy) is 3. The highest BCUT2D eigenvalue weighted by Crippen LogP contribution is 2.39. The summed E-state index contributed by atoms with van der Waals surface area (Å²) in [5.41, 5.74) is 10.3. The number of methoxy groups -OCH3 is 1. The topological polar surface area (TPSA) is 286 Å². The van der Waals surface area contributed by atoms with Gasteiger partial charge in [-0.3, -0.25) is 33.3 Å². The summed E-state index contributed by atoms with van der Waals surface area (Å²) in [7, 11) is 1.55. The first kappa shape index (κ1) is 55.2. The SMILES string of the molecule is CCNC(=O)c1nnc(-c2cc(C(C)C)c(O)cc2O)n1-c1ccc(C(=O)N2CCN(Cc3ccc(OC(=O)N4CCN(CCCOc5ccc6c7n(c(=NC(=O)c8cnc(N)nc8)nc6c5OC)CCN7)CC4)c(C)c3)CC2)cc1. The number of benzene rings is 4. The minimum absolute atomic E-state index is 0.00345. The molecule has 4 aromatic carbocycles. The Bertz CT molecular complexity index is 3570. The number of piperazine rings is 2. The second-order valence-corrected chi connectivity index (χ2v) is 20.3. The fourth-order valence-corrected chi connectivity index (χ4v) is 10.3. The highest BCUT2D eigenvalue weighted by atomic mass is 16.6. The first-order valence-electron chi connectivity index (χ1n) is 27.0. The molecule has 0 bridgehead atoms. The van der Waals surface area contributed by atoms with Crippen LogP contribution in [0, 0.1) is 6.92 Å². The van der Waals surface area contributed by atoms with Gasteiger partial charge in [-0.25, -0.2) is 19.7 Å². The molecule has 0 spiro atoms. The lowest BCUT2D eigenvalue weighted by atomic mass is 9.98. The van der Waals surface area contributed by atoms with Crippen LogP contribution in [0.25, 0.3) is 28.0 Å². The number of aromatic hydroxyl groups is 2. The van der Waals surface area contributed by atoms with Gasteiger partial charge in [0.1, 0.15) is 28.6 Å². The molecule has 3 aliphatic rings. The van der Waals surface area contributed by atoms with E-state index < -0.39 is 11.8 Å². The maximum Gasteiger partial charge on any atom is 0.415 e. The average Bonchev–Trinajstić information content (AvgIpc) is 4.32. The molecule has 0 saturated carbocycles. The van der Waals surface area contributed by atoms with Crippen LogP contribution < -0.4 is 36.2 Å². The van der Waals surface area contributed by atoms with Crippen molar-refractivity contribution < 1.29 is 43.6 Å². The second kappa shape index (κ2) is 24.1. The molecule has 7 aromatic rings. The smallest absolute Gasteiger partial charge is 0.415 e. The van der Waals surface area contributed by atoms with E-state index in [9.17, 15) is 29.4 Å². The molecule has 0 aliphatic carbocycles. The Morgan fingerprint density at radius 1 is 0.827 bits per heavy atom. The van der Waals surface area contributed by atoms with E-state index in [0.29, 0.717) is 130 Å². The molecule has 6 heterocycles. The number of nitrogens with two attached hydrogens (primary N) is 1. The zero-order valence-electron chi connectivity index (χ0n) is 45.9. The van der Waals surface area contributed by atoms with Crippen molar-refractivity contribution >= 4 is 46.5 Å². The van der Waals surface area contributed by atoms with Crippen molar-refractivity contribution in [3.63, 3.8) is 0 Å². The number of aryl methyl sites for hydroxylation is 1. The lowest BCUT2D eigenvalue weighted by Gasteiger charge is -2.35. The molecule has 24 nitrogen and oxygen atoms in total.